The summed E-state index contributed by atoms with van der Waals surface area (Å²) in [5.41, 5.74) is 7.73. The number of aryl methyl sites for hydroxylation is 1. The largest absolute Gasteiger partial charge is 0.295 e. The highest BCUT2D eigenvalue weighted by Gasteiger charge is 2.23. The first-order valence-electron chi connectivity index (χ1n) is 13.5. The molecule has 182 valence electrons. The van der Waals surface area contributed by atoms with E-state index in [1.807, 2.05) is 6.08 Å². The van der Waals surface area contributed by atoms with Gasteiger partial charge in [0.15, 0.2) is 5.78 Å². The third-order valence-electron chi connectivity index (χ3n) is 7.31. The summed E-state index contributed by atoms with van der Waals surface area (Å²) >= 11 is 0. The lowest BCUT2D eigenvalue weighted by Gasteiger charge is -2.22. The summed E-state index contributed by atoms with van der Waals surface area (Å²) < 4.78 is 0. The molecule has 2 atom stereocenters. The molecule has 0 saturated heterocycles. The van der Waals surface area contributed by atoms with Crippen LogP contribution in [0.25, 0.3) is 16.7 Å². The third-order valence-corrected chi connectivity index (χ3v) is 7.31. The Morgan fingerprint density at radius 3 is 2.21 bits per heavy atom. The van der Waals surface area contributed by atoms with E-state index >= 15 is 0 Å². The first kappa shape index (κ1) is 26.2. The van der Waals surface area contributed by atoms with Crippen molar-refractivity contribution in [3.05, 3.63) is 77.4 Å². The van der Waals surface area contributed by atoms with Crippen LogP contribution in [0.15, 0.2) is 66.3 Å². The monoisotopic (exact) mass is 456 g/mol. The van der Waals surface area contributed by atoms with Crippen molar-refractivity contribution in [3.63, 3.8) is 0 Å². The number of carbonyl (C=O) groups is 1. The number of hydrogen-bond donors (Lipinski definition) is 0. The van der Waals surface area contributed by atoms with Crippen molar-refractivity contribution >= 4 is 11.4 Å². The molecule has 2 aromatic carbocycles. The van der Waals surface area contributed by atoms with Crippen LogP contribution in [0.1, 0.15) is 96.6 Å². The van der Waals surface area contributed by atoms with Crippen LogP contribution in [0.4, 0.5) is 0 Å². The van der Waals surface area contributed by atoms with Crippen molar-refractivity contribution in [1.82, 2.24) is 0 Å². The molecule has 1 heteroatoms. The van der Waals surface area contributed by atoms with Crippen LogP contribution in [0.3, 0.4) is 0 Å². The molecule has 1 nitrogen and oxygen atoms in total. The van der Waals surface area contributed by atoms with Gasteiger partial charge in [0.05, 0.1) is 0 Å². The first-order valence-corrected chi connectivity index (χ1v) is 13.5. The molecule has 0 heterocycles. The van der Waals surface area contributed by atoms with Gasteiger partial charge in [0.2, 0.25) is 0 Å². The fourth-order valence-corrected chi connectivity index (χ4v) is 4.95. The summed E-state index contributed by atoms with van der Waals surface area (Å²) in [5, 5.41) is 0. The number of carbonyl (C=O) groups excluding carboxylic acids is 1. The number of ketones is 1. The number of rotatable bonds is 12. The molecule has 2 unspecified atom stereocenters. The Balaban J connectivity index is 1.53. The average molecular weight is 457 g/mol. The average Bonchev–Trinajstić information content (AvgIpc) is 2.84. The third kappa shape index (κ3) is 8.12. The van der Waals surface area contributed by atoms with Gasteiger partial charge in [0.25, 0.3) is 0 Å². The van der Waals surface area contributed by atoms with Crippen molar-refractivity contribution < 1.29 is 4.79 Å². The molecular weight excluding hydrogens is 412 g/mol. The van der Waals surface area contributed by atoms with Crippen LogP contribution < -0.4 is 0 Å². The summed E-state index contributed by atoms with van der Waals surface area (Å²) in [6, 6.07) is 17.8. The molecule has 34 heavy (non-hydrogen) atoms. The number of allylic oxidation sites excluding steroid dienone is 4. The van der Waals surface area contributed by atoms with Crippen molar-refractivity contribution in [2.75, 3.05) is 0 Å². The number of unbranched alkanes of at least 4 members (excludes halogenated alkanes) is 2. The number of hydrogen-bond acceptors (Lipinski definition) is 1. The molecule has 3 rings (SSSR count). The molecule has 2 aromatic rings. The second-order valence-electron chi connectivity index (χ2n) is 10.6. The van der Waals surface area contributed by atoms with Gasteiger partial charge in [-0.25, -0.2) is 0 Å². The topological polar surface area (TPSA) is 17.1 Å². The molecule has 0 aromatic heterocycles. The van der Waals surface area contributed by atoms with Gasteiger partial charge < -0.3 is 0 Å². The molecule has 0 N–H and O–H groups in total. The van der Waals surface area contributed by atoms with E-state index in [9.17, 15) is 4.79 Å². The molecule has 1 aliphatic rings. The molecule has 0 spiro atoms. The molecule has 0 fully saturated rings. The minimum absolute atomic E-state index is 0.213. The molecule has 0 saturated carbocycles. The Kier molecular flexibility index (Phi) is 10.4. The van der Waals surface area contributed by atoms with E-state index in [1.54, 1.807) is 0 Å². The van der Waals surface area contributed by atoms with Gasteiger partial charge >= 0.3 is 0 Å². The fourth-order valence-electron chi connectivity index (χ4n) is 4.95. The van der Waals surface area contributed by atoms with Crippen LogP contribution in [-0.2, 0) is 11.2 Å². The van der Waals surface area contributed by atoms with Gasteiger partial charge in [-0.2, -0.15) is 0 Å². The highest BCUT2D eigenvalue weighted by atomic mass is 16.1. The second kappa shape index (κ2) is 13.5. The van der Waals surface area contributed by atoms with E-state index in [2.05, 4.69) is 82.3 Å². The molecule has 0 bridgehead atoms. The quantitative estimate of drug-likeness (QED) is 0.229. The first-order chi connectivity index (χ1) is 16.5. The van der Waals surface area contributed by atoms with E-state index in [0.29, 0.717) is 11.7 Å². The standard InChI is InChI=1S/C33H44O/c1-5-6-7-11-27-13-16-28(17-14-27)29-18-20-30(21-19-29)32-23-22-31(33(34)24-32)15-12-26(4)10-8-9-25(2)3/h9,13-14,16-21,24,26,31H,5-8,10-12,15,22-23H2,1-4H3. The predicted octanol–water partition coefficient (Wildman–Crippen LogP) is 9.61. The van der Waals surface area contributed by atoms with Gasteiger partial charge in [-0.3, -0.25) is 4.79 Å². The zero-order valence-electron chi connectivity index (χ0n) is 21.9. The molecule has 0 aliphatic heterocycles. The summed E-state index contributed by atoms with van der Waals surface area (Å²) in [5.74, 6) is 1.23. The van der Waals surface area contributed by atoms with Crippen molar-refractivity contribution in [3.8, 4) is 11.1 Å². The van der Waals surface area contributed by atoms with Gasteiger partial charge in [-0.05, 0) is 105 Å². The maximum Gasteiger partial charge on any atom is 0.159 e. The van der Waals surface area contributed by atoms with Crippen LogP contribution in [0.2, 0.25) is 0 Å². The minimum Gasteiger partial charge on any atom is -0.295 e. The van der Waals surface area contributed by atoms with Crippen LogP contribution in [0, 0.1) is 11.8 Å². The highest BCUT2D eigenvalue weighted by molar-refractivity contribution is 6.00. The Morgan fingerprint density at radius 1 is 0.941 bits per heavy atom. The zero-order chi connectivity index (χ0) is 24.3. The lowest BCUT2D eigenvalue weighted by atomic mass is 9.81. The van der Waals surface area contributed by atoms with Gasteiger partial charge in [0, 0.05) is 5.92 Å². The Labute approximate surface area is 208 Å². The smallest absolute Gasteiger partial charge is 0.159 e. The Morgan fingerprint density at radius 2 is 1.59 bits per heavy atom. The molecular formula is C33H44O. The second-order valence-corrected chi connectivity index (χ2v) is 10.6. The van der Waals surface area contributed by atoms with Crippen LogP contribution in [0.5, 0.6) is 0 Å². The molecule has 0 radical (unpaired) electrons. The van der Waals surface area contributed by atoms with Crippen molar-refractivity contribution in [1.29, 1.82) is 0 Å². The maximum absolute atomic E-state index is 12.8. The van der Waals surface area contributed by atoms with E-state index in [0.717, 1.165) is 32.1 Å². The highest BCUT2D eigenvalue weighted by Crippen LogP contribution is 2.33. The van der Waals surface area contributed by atoms with Crippen LogP contribution >= 0.6 is 0 Å². The van der Waals surface area contributed by atoms with E-state index in [4.69, 9.17) is 0 Å². The van der Waals surface area contributed by atoms with Gasteiger partial charge in [-0.15, -0.1) is 0 Å². The Bertz CT molecular complexity index is 955. The lowest BCUT2D eigenvalue weighted by molar-refractivity contribution is -0.118. The molecule has 0 amide bonds. The fraction of sp³-hybridized carbons (Fsp3) is 0.485. The summed E-state index contributed by atoms with van der Waals surface area (Å²) in [6.07, 6.45) is 15.8. The summed E-state index contributed by atoms with van der Waals surface area (Å²) in [7, 11) is 0. The maximum atomic E-state index is 12.8. The minimum atomic E-state index is 0.213. The van der Waals surface area contributed by atoms with Crippen LogP contribution in [-0.4, -0.2) is 5.78 Å². The SMILES string of the molecule is CCCCCc1ccc(-c2ccc(C3=CC(=O)C(CCC(C)CCC=C(C)C)CC3)cc2)cc1. The van der Waals surface area contributed by atoms with Gasteiger partial charge in [-0.1, -0.05) is 86.9 Å². The summed E-state index contributed by atoms with van der Waals surface area (Å²) in [6.45, 7) is 8.90. The van der Waals surface area contributed by atoms with E-state index in [-0.39, 0.29) is 5.92 Å². The van der Waals surface area contributed by atoms with Crippen molar-refractivity contribution in [2.45, 2.75) is 91.9 Å². The van der Waals surface area contributed by atoms with E-state index < -0.39 is 0 Å². The lowest BCUT2D eigenvalue weighted by Crippen LogP contribution is -2.18. The zero-order valence-corrected chi connectivity index (χ0v) is 21.9. The summed E-state index contributed by atoms with van der Waals surface area (Å²) in [4.78, 5) is 12.8. The van der Waals surface area contributed by atoms with Gasteiger partial charge in [0.1, 0.15) is 0 Å². The molecule has 1 aliphatic carbocycles. The predicted molar refractivity (Wildman–Crippen MR) is 148 cm³/mol. The normalized spacial score (nSPS) is 16.8. The van der Waals surface area contributed by atoms with Crippen molar-refractivity contribution in [2.24, 2.45) is 11.8 Å². The van der Waals surface area contributed by atoms with E-state index in [1.165, 1.54) is 65.5 Å². The Hall–Kier alpha value is -2.41. The number of benzene rings is 2.